The number of carbonyl (C=O) groups is 1. The maximum absolute atomic E-state index is 12.7. The second-order valence-corrected chi connectivity index (χ2v) is 6.56. The number of aryl methyl sites for hydroxylation is 1. The summed E-state index contributed by atoms with van der Waals surface area (Å²) in [6, 6.07) is 9.84. The van der Waals surface area contributed by atoms with Crippen LogP contribution >= 0.6 is 0 Å². The Morgan fingerprint density at radius 3 is 2.65 bits per heavy atom. The van der Waals surface area contributed by atoms with E-state index in [9.17, 15) is 9.59 Å². The Labute approximate surface area is 136 Å². The number of likely N-dealkylation sites (N-methyl/N-ethyl adjacent to an activating group) is 1. The van der Waals surface area contributed by atoms with Gasteiger partial charge in [-0.2, -0.15) is 0 Å². The highest BCUT2D eigenvalue weighted by Crippen LogP contribution is 2.22. The number of fused-ring (bicyclic) bond motifs is 1. The first-order chi connectivity index (χ1) is 11.1. The van der Waals surface area contributed by atoms with Gasteiger partial charge in [-0.25, -0.2) is 0 Å². The van der Waals surface area contributed by atoms with Gasteiger partial charge in [-0.15, -0.1) is 0 Å². The summed E-state index contributed by atoms with van der Waals surface area (Å²) in [5.74, 6) is 0.0254. The number of aromatic nitrogens is 1. The van der Waals surface area contributed by atoms with Crippen LogP contribution < -0.4 is 5.56 Å². The zero-order valence-electron chi connectivity index (χ0n) is 13.9. The molecule has 0 bridgehead atoms. The molecule has 4 heteroatoms. The van der Waals surface area contributed by atoms with Crippen LogP contribution in [0.25, 0.3) is 10.8 Å². The van der Waals surface area contributed by atoms with Crippen LogP contribution in [0.15, 0.2) is 35.1 Å². The van der Waals surface area contributed by atoms with E-state index in [1.54, 1.807) is 4.57 Å². The molecule has 1 aliphatic carbocycles. The molecule has 0 N–H and O–H groups in total. The molecule has 1 aliphatic rings. The van der Waals surface area contributed by atoms with E-state index in [-0.39, 0.29) is 18.0 Å². The lowest BCUT2D eigenvalue weighted by molar-refractivity contribution is -0.133. The fourth-order valence-corrected chi connectivity index (χ4v) is 3.54. The van der Waals surface area contributed by atoms with Crippen LogP contribution in [0.3, 0.4) is 0 Å². The molecule has 23 heavy (non-hydrogen) atoms. The van der Waals surface area contributed by atoms with Gasteiger partial charge in [0, 0.05) is 24.2 Å². The molecule has 4 nitrogen and oxygen atoms in total. The quantitative estimate of drug-likeness (QED) is 0.874. The first-order valence-electron chi connectivity index (χ1n) is 8.43. The molecule has 1 saturated carbocycles. The van der Waals surface area contributed by atoms with Gasteiger partial charge in [0.2, 0.25) is 5.91 Å². The molecule has 1 amide bonds. The zero-order chi connectivity index (χ0) is 16.4. The largest absolute Gasteiger partial charge is 0.341 e. The Kier molecular flexibility index (Phi) is 4.51. The van der Waals surface area contributed by atoms with Gasteiger partial charge in [0.1, 0.15) is 6.54 Å². The highest BCUT2D eigenvalue weighted by Gasteiger charge is 2.22. The summed E-state index contributed by atoms with van der Waals surface area (Å²) in [5, 5.41) is 1.60. The SMILES string of the molecule is Cc1cc2ccccc2c(=O)n1CC(=O)N(C)C1CCCCC1. The van der Waals surface area contributed by atoms with Gasteiger partial charge >= 0.3 is 0 Å². The molecule has 0 radical (unpaired) electrons. The van der Waals surface area contributed by atoms with Crippen molar-refractivity contribution in [2.24, 2.45) is 0 Å². The summed E-state index contributed by atoms with van der Waals surface area (Å²) < 4.78 is 1.60. The maximum Gasteiger partial charge on any atom is 0.259 e. The lowest BCUT2D eigenvalue weighted by Gasteiger charge is -2.31. The minimum Gasteiger partial charge on any atom is -0.341 e. The van der Waals surface area contributed by atoms with Gasteiger partial charge < -0.3 is 9.47 Å². The number of carbonyl (C=O) groups excluding carboxylic acids is 1. The van der Waals surface area contributed by atoms with E-state index in [0.29, 0.717) is 11.4 Å². The molecule has 1 fully saturated rings. The van der Waals surface area contributed by atoms with Crippen molar-refractivity contribution >= 4 is 16.7 Å². The highest BCUT2D eigenvalue weighted by atomic mass is 16.2. The van der Waals surface area contributed by atoms with Gasteiger partial charge in [0.25, 0.3) is 5.56 Å². The first-order valence-corrected chi connectivity index (χ1v) is 8.43. The fraction of sp³-hybridized carbons (Fsp3) is 0.474. The Hall–Kier alpha value is -2.10. The number of hydrogen-bond donors (Lipinski definition) is 0. The van der Waals surface area contributed by atoms with E-state index < -0.39 is 0 Å². The van der Waals surface area contributed by atoms with E-state index in [4.69, 9.17) is 0 Å². The lowest BCUT2D eigenvalue weighted by Crippen LogP contribution is -2.41. The van der Waals surface area contributed by atoms with Crippen molar-refractivity contribution in [1.82, 2.24) is 9.47 Å². The summed E-state index contributed by atoms with van der Waals surface area (Å²) in [5.41, 5.74) is 0.755. The third kappa shape index (κ3) is 3.16. The third-order valence-electron chi connectivity index (χ3n) is 5.04. The second-order valence-electron chi connectivity index (χ2n) is 6.56. The Morgan fingerprint density at radius 2 is 1.91 bits per heavy atom. The molecule has 1 heterocycles. The number of amides is 1. The molecule has 1 aromatic heterocycles. The highest BCUT2D eigenvalue weighted by molar-refractivity contribution is 5.82. The van der Waals surface area contributed by atoms with Crippen LogP contribution in [0.5, 0.6) is 0 Å². The summed E-state index contributed by atoms with van der Waals surface area (Å²) in [4.78, 5) is 27.1. The van der Waals surface area contributed by atoms with E-state index in [1.165, 1.54) is 19.3 Å². The number of hydrogen-bond acceptors (Lipinski definition) is 2. The Balaban J connectivity index is 1.86. The van der Waals surface area contributed by atoms with Crippen LogP contribution in [-0.4, -0.2) is 28.5 Å². The van der Waals surface area contributed by atoms with Crippen molar-refractivity contribution in [2.75, 3.05) is 7.05 Å². The minimum absolute atomic E-state index is 0.0254. The molecular weight excluding hydrogens is 288 g/mol. The first kappa shape index (κ1) is 15.8. The number of benzene rings is 1. The van der Waals surface area contributed by atoms with Crippen molar-refractivity contribution in [3.63, 3.8) is 0 Å². The van der Waals surface area contributed by atoms with Crippen LogP contribution in [0.1, 0.15) is 37.8 Å². The Bertz CT molecular complexity index is 773. The topological polar surface area (TPSA) is 42.3 Å². The van der Waals surface area contributed by atoms with E-state index in [1.807, 2.05) is 49.2 Å². The molecule has 3 rings (SSSR count). The van der Waals surface area contributed by atoms with Gasteiger partial charge in [0.05, 0.1) is 0 Å². The van der Waals surface area contributed by atoms with Crippen molar-refractivity contribution in [3.05, 3.63) is 46.4 Å². The third-order valence-corrected chi connectivity index (χ3v) is 5.04. The van der Waals surface area contributed by atoms with Crippen LogP contribution in [0, 0.1) is 6.92 Å². The second kappa shape index (κ2) is 6.57. The van der Waals surface area contributed by atoms with Gasteiger partial charge in [0.15, 0.2) is 0 Å². The molecule has 0 atom stereocenters. The average Bonchev–Trinajstić information content (AvgIpc) is 2.58. The van der Waals surface area contributed by atoms with Gasteiger partial charge in [-0.1, -0.05) is 37.5 Å². The summed E-state index contributed by atoms with van der Waals surface area (Å²) >= 11 is 0. The van der Waals surface area contributed by atoms with Crippen LogP contribution in [-0.2, 0) is 11.3 Å². The number of pyridine rings is 1. The smallest absolute Gasteiger partial charge is 0.259 e. The van der Waals surface area contributed by atoms with E-state index in [2.05, 4.69) is 0 Å². The summed E-state index contributed by atoms with van der Waals surface area (Å²) in [7, 11) is 1.87. The van der Waals surface area contributed by atoms with Crippen molar-refractivity contribution in [2.45, 2.75) is 51.6 Å². The fourth-order valence-electron chi connectivity index (χ4n) is 3.54. The normalized spacial score (nSPS) is 15.7. The minimum atomic E-state index is -0.0778. The molecule has 0 saturated heterocycles. The predicted molar refractivity (Wildman–Crippen MR) is 92.6 cm³/mol. The molecular formula is C19H24N2O2. The molecule has 2 aromatic rings. The number of nitrogens with zero attached hydrogens (tertiary/aromatic N) is 2. The monoisotopic (exact) mass is 312 g/mol. The van der Waals surface area contributed by atoms with Gasteiger partial charge in [-0.05, 0) is 37.3 Å². The number of rotatable bonds is 3. The standard InChI is InChI=1S/C19H24N2O2/c1-14-12-15-8-6-7-11-17(15)19(23)21(14)13-18(22)20(2)16-9-4-3-5-10-16/h6-8,11-12,16H,3-5,9-10,13H2,1-2H3. The molecule has 0 unspecified atom stereocenters. The molecule has 0 aliphatic heterocycles. The summed E-state index contributed by atoms with van der Waals surface area (Å²) in [6.07, 6.45) is 5.80. The van der Waals surface area contributed by atoms with Crippen LogP contribution in [0.4, 0.5) is 0 Å². The maximum atomic E-state index is 12.7. The van der Waals surface area contributed by atoms with Crippen molar-refractivity contribution in [1.29, 1.82) is 0 Å². The van der Waals surface area contributed by atoms with E-state index in [0.717, 1.165) is 23.9 Å². The van der Waals surface area contributed by atoms with Crippen molar-refractivity contribution < 1.29 is 4.79 Å². The zero-order valence-corrected chi connectivity index (χ0v) is 13.9. The molecule has 122 valence electrons. The molecule has 0 spiro atoms. The summed E-state index contributed by atoms with van der Waals surface area (Å²) in [6.45, 7) is 2.02. The molecule has 1 aromatic carbocycles. The Morgan fingerprint density at radius 1 is 1.22 bits per heavy atom. The predicted octanol–water partition coefficient (Wildman–Crippen LogP) is 3.10. The van der Waals surface area contributed by atoms with Gasteiger partial charge in [-0.3, -0.25) is 9.59 Å². The average molecular weight is 312 g/mol. The van der Waals surface area contributed by atoms with Crippen molar-refractivity contribution in [3.8, 4) is 0 Å². The van der Waals surface area contributed by atoms with Crippen LogP contribution in [0.2, 0.25) is 0 Å². The lowest BCUT2D eigenvalue weighted by atomic mass is 9.94. The van der Waals surface area contributed by atoms with E-state index >= 15 is 0 Å².